The molecule has 0 spiro atoms. The number of nitrogens with one attached hydrogen (secondary N) is 4. The Bertz CT molecular complexity index is 1330. The molecule has 1 aliphatic heterocycles. The summed E-state index contributed by atoms with van der Waals surface area (Å²) in [5.41, 5.74) is 0.864. The molecule has 45 heavy (non-hydrogen) atoms. The Morgan fingerprint density at radius 2 is 1.40 bits per heavy atom. The van der Waals surface area contributed by atoms with Gasteiger partial charge in [0.15, 0.2) is 0 Å². The number of hydrogen-bond donors (Lipinski definition) is 4. The van der Waals surface area contributed by atoms with E-state index in [1.807, 2.05) is 72.8 Å². The minimum Gasteiger partial charge on any atom is -0.467 e. The number of carbonyl (C=O) groups is 5. The summed E-state index contributed by atoms with van der Waals surface area (Å²) in [6, 6.07) is 14.4. The highest BCUT2D eigenvalue weighted by atomic mass is 16.6. The molecule has 0 aliphatic carbocycles. The highest BCUT2D eigenvalue weighted by molar-refractivity contribution is 5.95. The zero-order valence-electron chi connectivity index (χ0n) is 26.3. The number of amides is 4. The average molecular weight is 621 g/mol. The quantitative estimate of drug-likeness (QED) is 0.235. The molecule has 0 unspecified atom stereocenters. The SMILES string of the molecule is COC(=O)[C@@H](Cc1ccccc1)NC(=O)[C@@H]1CC/C=C/CC[C@H](NC(=O)[C@H](Cc2ccccc2)NC(=O)OC(C)(C)C)C(=O)N1. The topological polar surface area (TPSA) is 152 Å². The van der Waals surface area contributed by atoms with E-state index in [1.54, 1.807) is 20.8 Å². The van der Waals surface area contributed by atoms with E-state index in [4.69, 9.17) is 9.47 Å². The van der Waals surface area contributed by atoms with Crippen molar-refractivity contribution in [2.24, 2.45) is 0 Å². The first-order chi connectivity index (χ1) is 21.4. The van der Waals surface area contributed by atoms with E-state index in [-0.39, 0.29) is 25.7 Å². The Labute approximate surface area is 264 Å². The molecule has 0 fully saturated rings. The van der Waals surface area contributed by atoms with Crippen LogP contribution in [-0.4, -0.2) is 66.7 Å². The Kier molecular flexibility index (Phi) is 13.1. The zero-order valence-corrected chi connectivity index (χ0v) is 26.3. The molecule has 242 valence electrons. The van der Waals surface area contributed by atoms with Gasteiger partial charge in [0.2, 0.25) is 17.7 Å². The molecule has 4 N–H and O–H groups in total. The summed E-state index contributed by atoms with van der Waals surface area (Å²) in [6.45, 7) is 5.16. The maximum atomic E-state index is 13.5. The Hall–Kier alpha value is -4.67. The third-order valence-electron chi connectivity index (χ3n) is 7.05. The summed E-state index contributed by atoms with van der Waals surface area (Å²) in [7, 11) is 1.25. The first kappa shape index (κ1) is 34.8. The van der Waals surface area contributed by atoms with Crippen molar-refractivity contribution in [3.05, 3.63) is 83.9 Å². The molecule has 0 bridgehead atoms. The van der Waals surface area contributed by atoms with Crippen molar-refractivity contribution in [3.8, 4) is 0 Å². The van der Waals surface area contributed by atoms with Crippen molar-refractivity contribution in [1.82, 2.24) is 21.3 Å². The molecule has 2 aromatic carbocycles. The number of alkyl carbamates (subject to hydrolysis) is 1. The third-order valence-corrected chi connectivity index (χ3v) is 7.05. The average Bonchev–Trinajstić information content (AvgIpc) is 3.00. The van der Waals surface area contributed by atoms with Gasteiger partial charge in [-0.25, -0.2) is 9.59 Å². The summed E-state index contributed by atoms with van der Waals surface area (Å²) in [4.78, 5) is 65.6. The van der Waals surface area contributed by atoms with Gasteiger partial charge in [-0.1, -0.05) is 72.8 Å². The largest absolute Gasteiger partial charge is 0.467 e. The minimum absolute atomic E-state index is 0.168. The molecule has 0 radical (unpaired) electrons. The Balaban J connectivity index is 1.74. The van der Waals surface area contributed by atoms with Crippen LogP contribution in [-0.2, 0) is 41.5 Å². The van der Waals surface area contributed by atoms with E-state index in [9.17, 15) is 24.0 Å². The van der Waals surface area contributed by atoms with E-state index in [1.165, 1.54) is 7.11 Å². The first-order valence-corrected chi connectivity index (χ1v) is 15.2. The van der Waals surface area contributed by atoms with Gasteiger partial charge in [-0.3, -0.25) is 14.4 Å². The summed E-state index contributed by atoms with van der Waals surface area (Å²) in [5, 5.41) is 10.9. The maximum Gasteiger partial charge on any atom is 0.408 e. The number of hydrogen-bond acceptors (Lipinski definition) is 7. The molecule has 0 saturated heterocycles. The van der Waals surface area contributed by atoms with Crippen LogP contribution >= 0.6 is 0 Å². The molecule has 11 nitrogen and oxygen atoms in total. The van der Waals surface area contributed by atoms with Gasteiger partial charge >= 0.3 is 12.1 Å². The van der Waals surface area contributed by atoms with Crippen LogP contribution < -0.4 is 21.3 Å². The third kappa shape index (κ3) is 12.1. The van der Waals surface area contributed by atoms with Crippen LogP contribution in [0.25, 0.3) is 0 Å². The summed E-state index contributed by atoms with van der Waals surface area (Å²) < 4.78 is 10.3. The lowest BCUT2D eigenvalue weighted by Crippen LogP contribution is -2.58. The van der Waals surface area contributed by atoms with Crippen molar-refractivity contribution < 1.29 is 33.4 Å². The highest BCUT2D eigenvalue weighted by Crippen LogP contribution is 2.12. The fourth-order valence-corrected chi connectivity index (χ4v) is 4.81. The minimum atomic E-state index is -1.03. The number of allylic oxidation sites excluding steroid dienone is 2. The molecule has 1 heterocycles. The normalized spacial score (nSPS) is 19.1. The molecule has 3 rings (SSSR count). The highest BCUT2D eigenvalue weighted by Gasteiger charge is 2.32. The van der Waals surface area contributed by atoms with Crippen molar-refractivity contribution in [2.45, 2.75) is 89.1 Å². The van der Waals surface area contributed by atoms with Crippen LogP contribution in [0.4, 0.5) is 4.79 Å². The predicted molar refractivity (Wildman–Crippen MR) is 169 cm³/mol. The molecule has 0 saturated carbocycles. The molecule has 4 amide bonds. The molecular weight excluding hydrogens is 576 g/mol. The fourth-order valence-electron chi connectivity index (χ4n) is 4.81. The van der Waals surface area contributed by atoms with E-state index >= 15 is 0 Å². The first-order valence-electron chi connectivity index (χ1n) is 15.2. The van der Waals surface area contributed by atoms with Crippen LogP contribution in [0.15, 0.2) is 72.8 Å². The second kappa shape index (κ2) is 17.0. The number of methoxy groups -OCH3 is 1. The van der Waals surface area contributed by atoms with Gasteiger partial charge in [0, 0.05) is 12.8 Å². The van der Waals surface area contributed by atoms with E-state index in [0.29, 0.717) is 12.8 Å². The van der Waals surface area contributed by atoms with E-state index < -0.39 is 59.6 Å². The Morgan fingerprint density at radius 1 is 0.844 bits per heavy atom. The van der Waals surface area contributed by atoms with Crippen molar-refractivity contribution in [3.63, 3.8) is 0 Å². The van der Waals surface area contributed by atoms with Crippen molar-refractivity contribution in [1.29, 1.82) is 0 Å². The maximum absolute atomic E-state index is 13.5. The summed E-state index contributed by atoms with van der Waals surface area (Å²) in [6.07, 6.45) is 5.03. The van der Waals surface area contributed by atoms with Crippen LogP contribution in [0.5, 0.6) is 0 Å². The molecule has 0 aromatic heterocycles. The Morgan fingerprint density at radius 3 is 1.96 bits per heavy atom. The van der Waals surface area contributed by atoms with Gasteiger partial charge in [-0.15, -0.1) is 0 Å². The van der Waals surface area contributed by atoms with Gasteiger partial charge in [-0.05, 0) is 57.6 Å². The standard InChI is InChI=1S/C34H44N4O7/c1-34(2,3)45-33(43)38-27(21-23-15-9-7-10-16-23)31(41)36-25-19-13-5-6-14-20-26(35-29(25)39)30(40)37-28(32(42)44-4)22-24-17-11-8-12-18-24/h5-12,15-18,25-28H,13-14,19-22H2,1-4H3,(H,35,39)(H,36,41)(H,37,40)(H,38,43)/b6-5+/t25-,26-,27-,28+/m0/s1. The van der Waals surface area contributed by atoms with Gasteiger partial charge < -0.3 is 30.7 Å². The smallest absolute Gasteiger partial charge is 0.408 e. The molecule has 4 atom stereocenters. The fraction of sp³-hybridized carbons (Fsp3) is 0.441. The van der Waals surface area contributed by atoms with E-state index in [2.05, 4.69) is 21.3 Å². The summed E-state index contributed by atoms with van der Waals surface area (Å²) >= 11 is 0. The van der Waals surface area contributed by atoms with Gasteiger partial charge in [0.1, 0.15) is 29.8 Å². The number of ether oxygens (including phenoxy) is 2. The van der Waals surface area contributed by atoms with Crippen LogP contribution in [0.1, 0.15) is 57.6 Å². The molecule has 1 aliphatic rings. The van der Waals surface area contributed by atoms with Crippen LogP contribution in [0.2, 0.25) is 0 Å². The second-order valence-electron chi connectivity index (χ2n) is 11.9. The molecule has 11 heteroatoms. The van der Waals surface area contributed by atoms with E-state index in [0.717, 1.165) is 11.1 Å². The zero-order chi connectivity index (χ0) is 32.8. The predicted octanol–water partition coefficient (Wildman–Crippen LogP) is 3.12. The van der Waals surface area contributed by atoms with Gasteiger partial charge in [0.25, 0.3) is 0 Å². The van der Waals surface area contributed by atoms with Crippen LogP contribution in [0, 0.1) is 0 Å². The van der Waals surface area contributed by atoms with Gasteiger partial charge in [-0.2, -0.15) is 0 Å². The lowest BCUT2D eigenvalue weighted by Gasteiger charge is -2.27. The summed E-state index contributed by atoms with van der Waals surface area (Å²) in [5.74, 6) is -2.26. The van der Waals surface area contributed by atoms with Crippen molar-refractivity contribution >= 4 is 29.8 Å². The lowest BCUT2D eigenvalue weighted by atomic mass is 10.0. The number of rotatable bonds is 10. The molecule has 2 aromatic rings. The lowest BCUT2D eigenvalue weighted by molar-refractivity contribution is -0.145. The van der Waals surface area contributed by atoms with Crippen molar-refractivity contribution in [2.75, 3.05) is 7.11 Å². The van der Waals surface area contributed by atoms with Crippen LogP contribution in [0.3, 0.4) is 0 Å². The second-order valence-corrected chi connectivity index (χ2v) is 11.9. The monoisotopic (exact) mass is 620 g/mol. The number of benzene rings is 2. The molecular formula is C34H44N4O7. The van der Waals surface area contributed by atoms with Gasteiger partial charge in [0.05, 0.1) is 7.11 Å². The number of esters is 1. The number of carbonyl (C=O) groups excluding carboxylic acids is 5.